The number of hydrogen-bond acceptors (Lipinski definition) is 3. The van der Waals surface area contributed by atoms with Crippen LogP contribution in [0.2, 0.25) is 0 Å². The number of amides is 1. The molecule has 21 heavy (non-hydrogen) atoms. The molecule has 1 aromatic rings. The second-order valence-corrected chi connectivity index (χ2v) is 6.93. The van der Waals surface area contributed by atoms with Crippen molar-refractivity contribution < 1.29 is 9.90 Å². The first-order valence-corrected chi connectivity index (χ1v) is 8.87. The molecule has 1 unspecified atom stereocenters. The quantitative estimate of drug-likeness (QED) is 0.878. The van der Waals surface area contributed by atoms with Gasteiger partial charge in [-0.15, -0.1) is 0 Å². The fourth-order valence-corrected chi connectivity index (χ4v) is 4.10. The zero-order valence-corrected chi connectivity index (χ0v) is 13.5. The van der Waals surface area contributed by atoms with Gasteiger partial charge in [-0.1, -0.05) is 30.3 Å². The SMILES string of the molecule is CN(C(=O)CC1CCSCC1)C(CCO)c1ccccc1. The molecule has 1 aromatic carbocycles. The van der Waals surface area contributed by atoms with Crippen LogP contribution in [0.1, 0.15) is 37.3 Å². The van der Waals surface area contributed by atoms with E-state index in [2.05, 4.69) is 0 Å². The van der Waals surface area contributed by atoms with E-state index in [0.29, 0.717) is 18.8 Å². The van der Waals surface area contributed by atoms with Gasteiger partial charge in [0.2, 0.25) is 5.91 Å². The van der Waals surface area contributed by atoms with E-state index >= 15 is 0 Å². The second-order valence-electron chi connectivity index (χ2n) is 5.70. The van der Waals surface area contributed by atoms with Crippen LogP contribution >= 0.6 is 11.8 Å². The maximum absolute atomic E-state index is 12.5. The van der Waals surface area contributed by atoms with Crippen LogP contribution < -0.4 is 0 Å². The Morgan fingerprint density at radius 1 is 1.33 bits per heavy atom. The Balaban J connectivity index is 2.00. The Labute approximate surface area is 131 Å². The van der Waals surface area contributed by atoms with Crippen LogP contribution in [0.15, 0.2) is 30.3 Å². The number of nitrogens with zero attached hydrogens (tertiary/aromatic N) is 1. The molecule has 1 aliphatic heterocycles. The van der Waals surface area contributed by atoms with Gasteiger partial charge in [-0.2, -0.15) is 11.8 Å². The molecule has 0 spiro atoms. The van der Waals surface area contributed by atoms with Crippen LogP contribution in [0.5, 0.6) is 0 Å². The van der Waals surface area contributed by atoms with Gasteiger partial charge in [0.1, 0.15) is 0 Å². The van der Waals surface area contributed by atoms with Crippen molar-refractivity contribution in [3.63, 3.8) is 0 Å². The van der Waals surface area contributed by atoms with Gasteiger partial charge in [-0.05, 0) is 42.2 Å². The molecule has 116 valence electrons. The molecule has 0 radical (unpaired) electrons. The number of rotatable bonds is 6. The van der Waals surface area contributed by atoms with Crippen molar-refractivity contribution in [3.8, 4) is 0 Å². The molecule has 1 saturated heterocycles. The third-order valence-corrected chi connectivity index (χ3v) is 5.30. The highest BCUT2D eigenvalue weighted by atomic mass is 32.2. The van der Waals surface area contributed by atoms with Crippen LogP contribution in [0.4, 0.5) is 0 Å². The minimum Gasteiger partial charge on any atom is -0.396 e. The van der Waals surface area contributed by atoms with Crippen LogP contribution in [-0.4, -0.2) is 41.1 Å². The molecule has 0 aliphatic carbocycles. The number of hydrogen-bond donors (Lipinski definition) is 1. The van der Waals surface area contributed by atoms with Crippen molar-refractivity contribution in [3.05, 3.63) is 35.9 Å². The van der Waals surface area contributed by atoms with E-state index in [1.165, 1.54) is 11.5 Å². The number of aliphatic hydroxyl groups is 1. The molecule has 4 heteroatoms. The lowest BCUT2D eigenvalue weighted by Crippen LogP contribution is -2.33. The van der Waals surface area contributed by atoms with Gasteiger partial charge in [0.05, 0.1) is 6.04 Å². The van der Waals surface area contributed by atoms with Crippen molar-refractivity contribution in [2.24, 2.45) is 5.92 Å². The number of benzene rings is 1. The predicted octanol–water partition coefficient (Wildman–Crippen LogP) is 3.10. The largest absolute Gasteiger partial charge is 0.396 e. The van der Waals surface area contributed by atoms with Crippen LogP contribution in [-0.2, 0) is 4.79 Å². The Bertz CT molecular complexity index is 432. The Morgan fingerprint density at radius 3 is 2.62 bits per heavy atom. The van der Waals surface area contributed by atoms with Gasteiger partial charge < -0.3 is 10.0 Å². The van der Waals surface area contributed by atoms with Crippen molar-refractivity contribution >= 4 is 17.7 Å². The lowest BCUT2D eigenvalue weighted by atomic mass is 9.96. The van der Waals surface area contributed by atoms with Crippen LogP contribution in [0.25, 0.3) is 0 Å². The zero-order chi connectivity index (χ0) is 15.1. The number of carbonyl (C=O) groups is 1. The van der Waals surface area contributed by atoms with E-state index in [9.17, 15) is 9.90 Å². The lowest BCUT2D eigenvalue weighted by molar-refractivity contribution is -0.133. The number of aliphatic hydroxyl groups excluding tert-OH is 1. The molecular weight excluding hydrogens is 282 g/mol. The van der Waals surface area contributed by atoms with E-state index in [1.54, 1.807) is 0 Å². The first kappa shape index (κ1) is 16.4. The molecule has 0 saturated carbocycles. The minimum absolute atomic E-state index is 0.0262. The Morgan fingerprint density at radius 2 is 2.00 bits per heavy atom. The van der Waals surface area contributed by atoms with E-state index in [1.807, 2.05) is 54.0 Å². The normalized spacial score (nSPS) is 17.4. The summed E-state index contributed by atoms with van der Waals surface area (Å²) in [6.45, 7) is 0.0945. The molecule has 1 N–H and O–H groups in total. The molecule has 1 heterocycles. The fraction of sp³-hybridized carbons (Fsp3) is 0.588. The lowest BCUT2D eigenvalue weighted by Gasteiger charge is -2.30. The van der Waals surface area contributed by atoms with Crippen LogP contribution in [0.3, 0.4) is 0 Å². The molecule has 0 aromatic heterocycles. The molecule has 0 bridgehead atoms. The summed E-state index contributed by atoms with van der Waals surface area (Å²) in [7, 11) is 1.87. The van der Waals surface area contributed by atoms with Gasteiger partial charge in [-0.25, -0.2) is 0 Å². The summed E-state index contributed by atoms with van der Waals surface area (Å²) in [5.74, 6) is 3.10. The van der Waals surface area contributed by atoms with Crippen molar-refractivity contribution in [1.82, 2.24) is 4.90 Å². The van der Waals surface area contributed by atoms with Gasteiger partial charge >= 0.3 is 0 Å². The third kappa shape index (κ3) is 4.75. The standard InChI is InChI=1S/C17H25NO2S/c1-18(17(20)13-14-8-11-21-12-9-14)16(7-10-19)15-5-3-2-4-6-15/h2-6,14,16,19H,7-13H2,1H3. The topological polar surface area (TPSA) is 40.5 Å². The number of thioether (sulfide) groups is 1. The maximum atomic E-state index is 12.5. The Hall–Kier alpha value is -1.00. The monoisotopic (exact) mass is 307 g/mol. The average molecular weight is 307 g/mol. The van der Waals surface area contributed by atoms with Gasteiger partial charge in [-0.3, -0.25) is 4.79 Å². The van der Waals surface area contributed by atoms with E-state index in [0.717, 1.165) is 18.4 Å². The maximum Gasteiger partial charge on any atom is 0.223 e. The summed E-state index contributed by atoms with van der Waals surface area (Å²) >= 11 is 1.99. The van der Waals surface area contributed by atoms with Gasteiger partial charge in [0, 0.05) is 20.1 Å². The molecule has 3 nitrogen and oxygen atoms in total. The molecule has 1 fully saturated rings. The highest BCUT2D eigenvalue weighted by molar-refractivity contribution is 7.99. The van der Waals surface area contributed by atoms with Gasteiger partial charge in [0.15, 0.2) is 0 Å². The molecule has 2 rings (SSSR count). The summed E-state index contributed by atoms with van der Waals surface area (Å²) in [6.07, 6.45) is 3.54. The first-order chi connectivity index (χ1) is 10.2. The highest BCUT2D eigenvalue weighted by Crippen LogP contribution is 2.28. The zero-order valence-electron chi connectivity index (χ0n) is 12.7. The van der Waals surface area contributed by atoms with E-state index < -0.39 is 0 Å². The first-order valence-electron chi connectivity index (χ1n) is 7.71. The smallest absolute Gasteiger partial charge is 0.223 e. The third-order valence-electron chi connectivity index (χ3n) is 4.25. The average Bonchev–Trinajstić information content (AvgIpc) is 2.53. The van der Waals surface area contributed by atoms with Crippen molar-refractivity contribution in [2.45, 2.75) is 31.7 Å². The van der Waals surface area contributed by atoms with E-state index in [4.69, 9.17) is 0 Å². The van der Waals surface area contributed by atoms with Crippen molar-refractivity contribution in [2.75, 3.05) is 25.2 Å². The second kappa shape index (κ2) is 8.44. The summed E-state index contributed by atoms with van der Waals surface area (Å²) < 4.78 is 0. The fourth-order valence-electron chi connectivity index (χ4n) is 2.90. The summed E-state index contributed by atoms with van der Waals surface area (Å²) in [6, 6.07) is 9.97. The molecule has 1 aliphatic rings. The molecular formula is C17H25NO2S. The van der Waals surface area contributed by atoms with Crippen molar-refractivity contribution in [1.29, 1.82) is 0 Å². The number of carbonyl (C=O) groups excluding carboxylic acids is 1. The van der Waals surface area contributed by atoms with E-state index in [-0.39, 0.29) is 18.6 Å². The molecule has 1 atom stereocenters. The summed E-state index contributed by atoms with van der Waals surface area (Å²) in [5, 5.41) is 9.31. The summed E-state index contributed by atoms with van der Waals surface area (Å²) in [4.78, 5) is 14.4. The van der Waals surface area contributed by atoms with Gasteiger partial charge in [0.25, 0.3) is 0 Å². The minimum atomic E-state index is -0.0262. The summed E-state index contributed by atoms with van der Waals surface area (Å²) in [5.41, 5.74) is 1.10. The predicted molar refractivity (Wildman–Crippen MR) is 88.3 cm³/mol. The molecule has 1 amide bonds. The highest BCUT2D eigenvalue weighted by Gasteiger charge is 2.24. The Kier molecular flexibility index (Phi) is 6.58. The van der Waals surface area contributed by atoms with Crippen LogP contribution in [0, 0.1) is 5.92 Å².